The normalized spacial score (nSPS) is 11.9. The second-order valence-electron chi connectivity index (χ2n) is 6.88. The van der Waals surface area contributed by atoms with Crippen LogP contribution in [0.1, 0.15) is 27.8 Å². The van der Waals surface area contributed by atoms with Crippen molar-refractivity contribution in [3.63, 3.8) is 0 Å². The number of ketones is 1. The Morgan fingerprint density at radius 1 is 0.879 bits per heavy atom. The van der Waals surface area contributed by atoms with Gasteiger partial charge in [-0.1, -0.05) is 48.5 Å². The molecule has 13 heteroatoms. The average Bonchev–Trinajstić information content (AvgIpc) is 3.44. The van der Waals surface area contributed by atoms with Crippen molar-refractivity contribution in [2.75, 3.05) is 4.72 Å². The first-order chi connectivity index (χ1) is 15.7. The lowest BCUT2D eigenvalue weighted by Crippen LogP contribution is -2.15. The molecule has 0 radical (unpaired) electrons. The maximum Gasteiger partial charge on any atom is 0.241 e. The first-order valence-corrected chi connectivity index (χ1v) is 12.8. The quantitative estimate of drug-likeness (QED) is 0.336. The fourth-order valence-corrected chi connectivity index (χ4v) is 5.21. The van der Waals surface area contributed by atoms with Gasteiger partial charge in [-0.3, -0.25) is 14.6 Å². The van der Waals surface area contributed by atoms with Gasteiger partial charge >= 0.3 is 0 Å². The number of nitrogens with one attached hydrogen (secondary N) is 2. The minimum absolute atomic E-state index is 0.199. The molecule has 11 nitrogen and oxygen atoms in total. The van der Waals surface area contributed by atoms with Gasteiger partial charge in [0.1, 0.15) is 22.1 Å². The number of sulfonamides is 1. The Hall–Kier alpha value is -3.84. The molecule has 4 rings (SSSR count). The molecule has 170 valence electrons. The minimum atomic E-state index is -4.11. The molecule has 0 saturated heterocycles. The zero-order valence-corrected chi connectivity index (χ0v) is 18.5. The van der Waals surface area contributed by atoms with Crippen LogP contribution in [0.25, 0.3) is 0 Å². The lowest BCUT2D eigenvalue weighted by molar-refractivity contribution is 0.103. The van der Waals surface area contributed by atoms with E-state index in [1.54, 1.807) is 60.7 Å². The van der Waals surface area contributed by atoms with Gasteiger partial charge in [-0.2, -0.15) is 5.10 Å². The SMILES string of the molecule is O=C(c1ccccc1)c1[nH]ncc1S(=O)(=O)Cc1nnc(CS(=O)(=O)Nc2ccccc2)o1. The molecule has 2 aromatic carbocycles. The van der Waals surface area contributed by atoms with Crippen molar-refractivity contribution in [3.8, 4) is 0 Å². The van der Waals surface area contributed by atoms with Crippen LogP contribution in [0.2, 0.25) is 0 Å². The van der Waals surface area contributed by atoms with Gasteiger partial charge in [0.2, 0.25) is 27.6 Å². The highest BCUT2D eigenvalue weighted by molar-refractivity contribution is 7.92. The fraction of sp³-hybridized carbons (Fsp3) is 0.100. The topological polar surface area (TPSA) is 165 Å². The number of sulfone groups is 1. The Morgan fingerprint density at radius 2 is 1.48 bits per heavy atom. The van der Waals surface area contributed by atoms with E-state index in [0.717, 1.165) is 6.20 Å². The van der Waals surface area contributed by atoms with Gasteiger partial charge in [0.25, 0.3) is 0 Å². The number of aromatic nitrogens is 4. The first kappa shape index (κ1) is 22.4. The monoisotopic (exact) mass is 487 g/mol. The van der Waals surface area contributed by atoms with E-state index in [1.807, 2.05) is 0 Å². The molecule has 2 N–H and O–H groups in total. The summed E-state index contributed by atoms with van der Waals surface area (Å²) in [6.45, 7) is 0. The summed E-state index contributed by atoms with van der Waals surface area (Å²) in [7, 11) is -7.97. The summed E-state index contributed by atoms with van der Waals surface area (Å²) in [5.74, 6) is -2.52. The van der Waals surface area contributed by atoms with Crippen molar-refractivity contribution in [3.05, 3.63) is 89.9 Å². The van der Waals surface area contributed by atoms with Crippen LogP contribution < -0.4 is 4.72 Å². The van der Waals surface area contributed by atoms with E-state index in [0.29, 0.717) is 5.69 Å². The molecule has 2 aromatic heterocycles. The van der Waals surface area contributed by atoms with E-state index < -0.39 is 37.1 Å². The maximum absolute atomic E-state index is 12.9. The number of para-hydroxylation sites is 1. The van der Waals surface area contributed by atoms with E-state index in [9.17, 15) is 21.6 Å². The van der Waals surface area contributed by atoms with Gasteiger partial charge in [0, 0.05) is 11.3 Å². The molecule has 4 aromatic rings. The summed E-state index contributed by atoms with van der Waals surface area (Å²) < 4.78 is 58.0. The molecule has 0 unspecified atom stereocenters. The summed E-state index contributed by atoms with van der Waals surface area (Å²) in [5, 5.41) is 13.4. The van der Waals surface area contributed by atoms with E-state index in [1.165, 1.54) is 0 Å². The Morgan fingerprint density at radius 3 is 2.15 bits per heavy atom. The number of hydrogen-bond acceptors (Lipinski definition) is 9. The molecule has 0 aliphatic rings. The molecular formula is C20H17N5O6S2. The van der Waals surface area contributed by atoms with Crippen LogP contribution in [0.3, 0.4) is 0 Å². The van der Waals surface area contributed by atoms with Crippen LogP contribution in [0, 0.1) is 0 Å². The van der Waals surface area contributed by atoms with Crippen LogP contribution in [0.15, 0.2) is 76.2 Å². The van der Waals surface area contributed by atoms with Crippen molar-refractivity contribution in [1.29, 1.82) is 0 Å². The number of benzene rings is 2. The molecule has 0 amide bonds. The molecule has 0 fully saturated rings. The van der Waals surface area contributed by atoms with Gasteiger partial charge in [0.15, 0.2) is 9.84 Å². The predicted molar refractivity (Wildman–Crippen MR) is 116 cm³/mol. The Kier molecular flexibility index (Phi) is 6.07. The average molecular weight is 488 g/mol. The third kappa shape index (κ3) is 5.32. The maximum atomic E-state index is 12.9. The van der Waals surface area contributed by atoms with Crippen molar-refractivity contribution < 1.29 is 26.0 Å². The molecule has 0 aliphatic heterocycles. The smallest absolute Gasteiger partial charge is 0.241 e. The second kappa shape index (κ2) is 8.96. The highest BCUT2D eigenvalue weighted by Crippen LogP contribution is 2.21. The molecule has 0 spiro atoms. The highest BCUT2D eigenvalue weighted by Gasteiger charge is 2.28. The third-order valence-electron chi connectivity index (χ3n) is 4.39. The summed E-state index contributed by atoms with van der Waals surface area (Å²) in [6.07, 6.45) is 1.02. The van der Waals surface area contributed by atoms with Crippen molar-refractivity contribution in [2.45, 2.75) is 16.4 Å². The zero-order valence-electron chi connectivity index (χ0n) is 16.9. The van der Waals surface area contributed by atoms with Crippen molar-refractivity contribution in [1.82, 2.24) is 20.4 Å². The number of H-pyrrole nitrogens is 1. The van der Waals surface area contributed by atoms with Crippen molar-refractivity contribution >= 4 is 31.3 Å². The predicted octanol–water partition coefficient (Wildman–Crippen LogP) is 1.94. The summed E-state index contributed by atoms with van der Waals surface area (Å²) >= 11 is 0. The number of carbonyl (C=O) groups is 1. The lowest BCUT2D eigenvalue weighted by Gasteiger charge is -2.05. The molecule has 0 atom stereocenters. The van der Waals surface area contributed by atoms with Crippen LogP contribution in [0.4, 0.5) is 5.69 Å². The number of nitrogens with zero attached hydrogens (tertiary/aromatic N) is 3. The number of hydrogen-bond donors (Lipinski definition) is 2. The molecule has 2 heterocycles. The fourth-order valence-electron chi connectivity index (χ4n) is 2.94. The Balaban J connectivity index is 1.49. The van der Waals surface area contributed by atoms with E-state index in [4.69, 9.17) is 4.42 Å². The molecule has 0 saturated carbocycles. The third-order valence-corrected chi connectivity index (χ3v) is 7.17. The highest BCUT2D eigenvalue weighted by atomic mass is 32.2. The van der Waals surface area contributed by atoms with Crippen LogP contribution in [-0.4, -0.2) is 43.0 Å². The number of anilines is 1. The van der Waals surface area contributed by atoms with Gasteiger partial charge < -0.3 is 4.42 Å². The standard InChI is InChI=1S/C20H17N5O6S2/c26-20(14-7-3-1-4-8-14)19-16(11-21-24-19)32(27,28)12-17-22-23-18(31-17)13-33(29,30)25-15-9-5-2-6-10-15/h1-11,25H,12-13H2,(H,21,24). The Bertz CT molecular complexity index is 1480. The van der Waals surface area contributed by atoms with E-state index in [2.05, 4.69) is 25.1 Å². The second-order valence-corrected chi connectivity index (χ2v) is 10.6. The first-order valence-electron chi connectivity index (χ1n) is 9.46. The zero-order chi connectivity index (χ0) is 23.5. The molecule has 0 bridgehead atoms. The van der Waals surface area contributed by atoms with Gasteiger partial charge in [0.05, 0.1) is 6.20 Å². The van der Waals surface area contributed by atoms with Crippen LogP contribution in [0.5, 0.6) is 0 Å². The lowest BCUT2D eigenvalue weighted by atomic mass is 10.1. The molecular weight excluding hydrogens is 470 g/mol. The van der Waals surface area contributed by atoms with E-state index in [-0.39, 0.29) is 27.9 Å². The summed E-state index contributed by atoms with van der Waals surface area (Å²) in [5.41, 5.74) is 0.445. The van der Waals surface area contributed by atoms with Gasteiger partial charge in [-0.05, 0) is 12.1 Å². The number of rotatable bonds is 9. The minimum Gasteiger partial charge on any atom is -0.423 e. The number of carbonyl (C=O) groups excluding carboxylic acids is 1. The Labute approximate surface area is 188 Å². The van der Waals surface area contributed by atoms with Gasteiger partial charge in [-0.15, -0.1) is 10.2 Å². The van der Waals surface area contributed by atoms with Crippen LogP contribution >= 0.6 is 0 Å². The van der Waals surface area contributed by atoms with E-state index >= 15 is 0 Å². The molecule has 0 aliphatic carbocycles. The molecule has 33 heavy (non-hydrogen) atoms. The summed E-state index contributed by atoms with van der Waals surface area (Å²) in [4.78, 5) is 12.4. The van der Waals surface area contributed by atoms with Crippen molar-refractivity contribution in [2.24, 2.45) is 0 Å². The summed E-state index contributed by atoms with van der Waals surface area (Å²) in [6, 6.07) is 16.3. The largest absolute Gasteiger partial charge is 0.423 e. The van der Waals surface area contributed by atoms with Crippen LogP contribution in [-0.2, 0) is 31.4 Å². The number of aromatic amines is 1. The van der Waals surface area contributed by atoms with Gasteiger partial charge in [-0.25, -0.2) is 16.8 Å².